The average Bonchev–Trinajstić information content (AvgIpc) is 3.88. The number of hydrogen-bond donors (Lipinski definition) is 0. The molecule has 0 aliphatic heterocycles. The number of anilines is 6. The summed E-state index contributed by atoms with van der Waals surface area (Å²) < 4.78 is 0. The first-order chi connectivity index (χ1) is 33.9. The summed E-state index contributed by atoms with van der Waals surface area (Å²) in [5.74, 6) is 0. The standard InChI is InChI=1S/C65H44N4/c1-43-17-29-49(30-18-43)68(51-33-21-45(41-66)22-34-51)53-37-25-47(26-38-53)55-11-7-15-61-63(55)57-9-3-5-13-59(57)65(61)60-14-6-4-10-58(60)64-56(12-8-16-62(64)65)48-27-39-54(40-28-48)69(50-31-19-44(2)20-32-50)52-35-23-46(42-67)24-36-52/h3-40H,1-2H3. The molecule has 0 radical (unpaired) electrons. The second kappa shape index (κ2) is 16.6. The maximum Gasteiger partial charge on any atom is 0.0991 e. The lowest BCUT2D eigenvalue weighted by Gasteiger charge is -2.30. The Labute approximate surface area is 403 Å². The van der Waals surface area contributed by atoms with E-state index in [0.29, 0.717) is 11.1 Å². The third-order valence-corrected chi connectivity index (χ3v) is 14.1. The minimum atomic E-state index is -0.528. The Morgan fingerprint density at radius 3 is 0.942 bits per heavy atom. The first-order valence-electron chi connectivity index (χ1n) is 23.4. The molecule has 0 saturated carbocycles. The minimum Gasteiger partial charge on any atom is -0.311 e. The Bertz CT molecular complexity index is 3420. The van der Waals surface area contributed by atoms with E-state index in [4.69, 9.17) is 0 Å². The van der Waals surface area contributed by atoms with E-state index in [2.05, 4.69) is 218 Å². The summed E-state index contributed by atoms with van der Waals surface area (Å²) in [5.41, 5.74) is 24.2. The molecule has 12 rings (SSSR count). The van der Waals surface area contributed by atoms with Gasteiger partial charge >= 0.3 is 0 Å². The normalized spacial score (nSPS) is 12.3. The molecule has 2 aliphatic rings. The van der Waals surface area contributed by atoms with Crippen LogP contribution in [0.25, 0.3) is 44.5 Å². The quantitative estimate of drug-likeness (QED) is 0.153. The molecule has 0 unspecified atom stereocenters. The second-order valence-corrected chi connectivity index (χ2v) is 18.1. The van der Waals surface area contributed by atoms with Crippen molar-refractivity contribution in [3.63, 3.8) is 0 Å². The number of fused-ring (bicyclic) bond motifs is 10. The number of nitriles is 2. The Hall–Kier alpha value is -9.22. The maximum atomic E-state index is 9.55. The summed E-state index contributed by atoms with van der Waals surface area (Å²) in [6, 6.07) is 86.9. The Kier molecular flexibility index (Phi) is 9.91. The molecule has 4 heteroatoms. The zero-order valence-corrected chi connectivity index (χ0v) is 38.2. The van der Waals surface area contributed by atoms with Gasteiger partial charge in [-0.3, -0.25) is 0 Å². The number of benzene rings is 10. The van der Waals surface area contributed by atoms with Gasteiger partial charge in [0.2, 0.25) is 0 Å². The van der Waals surface area contributed by atoms with Crippen LogP contribution >= 0.6 is 0 Å². The Balaban J connectivity index is 0.976. The number of nitrogens with zero attached hydrogens (tertiary/aromatic N) is 4. The molecule has 0 heterocycles. The van der Waals surface area contributed by atoms with Crippen LogP contribution in [0.5, 0.6) is 0 Å². The fourth-order valence-corrected chi connectivity index (χ4v) is 11.0. The summed E-state index contributed by atoms with van der Waals surface area (Å²) in [6.45, 7) is 4.21. The van der Waals surface area contributed by atoms with Crippen LogP contribution in [0.3, 0.4) is 0 Å². The molecular formula is C65H44N4. The van der Waals surface area contributed by atoms with E-state index in [1.807, 2.05) is 48.5 Å². The van der Waals surface area contributed by atoms with E-state index in [1.54, 1.807) is 0 Å². The second-order valence-electron chi connectivity index (χ2n) is 18.1. The summed E-state index contributed by atoms with van der Waals surface area (Å²) in [6.07, 6.45) is 0. The fraction of sp³-hybridized carbons (Fsp3) is 0.0462. The van der Waals surface area contributed by atoms with Crippen molar-refractivity contribution in [3.8, 4) is 56.6 Å². The van der Waals surface area contributed by atoms with E-state index >= 15 is 0 Å². The number of aryl methyl sites for hydroxylation is 2. The van der Waals surface area contributed by atoms with Crippen molar-refractivity contribution in [3.05, 3.63) is 275 Å². The fourth-order valence-electron chi connectivity index (χ4n) is 11.0. The third-order valence-electron chi connectivity index (χ3n) is 14.1. The Morgan fingerprint density at radius 2 is 0.594 bits per heavy atom. The molecule has 0 bridgehead atoms. The van der Waals surface area contributed by atoms with E-state index in [9.17, 15) is 10.5 Å². The average molecular weight is 881 g/mol. The van der Waals surface area contributed by atoms with Gasteiger partial charge in [0.05, 0.1) is 28.7 Å². The molecule has 4 nitrogen and oxygen atoms in total. The highest BCUT2D eigenvalue weighted by Gasteiger charge is 2.52. The highest BCUT2D eigenvalue weighted by molar-refractivity contribution is 6.03. The van der Waals surface area contributed by atoms with Crippen molar-refractivity contribution < 1.29 is 0 Å². The molecule has 0 N–H and O–H groups in total. The zero-order chi connectivity index (χ0) is 46.6. The molecule has 324 valence electrons. The van der Waals surface area contributed by atoms with Crippen LogP contribution in [0.15, 0.2) is 231 Å². The van der Waals surface area contributed by atoms with E-state index in [-0.39, 0.29) is 0 Å². The lowest BCUT2D eigenvalue weighted by molar-refractivity contribution is 0.794. The molecule has 1 spiro atoms. The van der Waals surface area contributed by atoms with Gasteiger partial charge in [-0.15, -0.1) is 0 Å². The van der Waals surface area contributed by atoms with Crippen LogP contribution in [0.2, 0.25) is 0 Å². The number of hydrogen-bond acceptors (Lipinski definition) is 4. The van der Waals surface area contributed by atoms with Crippen LogP contribution in [0.1, 0.15) is 44.5 Å². The summed E-state index contributed by atoms with van der Waals surface area (Å²) >= 11 is 0. The summed E-state index contributed by atoms with van der Waals surface area (Å²) in [5, 5.41) is 19.1. The van der Waals surface area contributed by atoms with Crippen molar-refractivity contribution in [2.75, 3.05) is 9.80 Å². The van der Waals surface area contributed by atoms with E-state index in [0.717, 1.165) is 45.3 Å². The molecule has 0 fully saturated rings. The van der Waals surface area contributed by atoms with Crippen molar-refractivity contribution in [2.45, 2.75) is 19.3 Å². The lowest BCUT2D eigenvalue weighted by atomic mass is 9.70. The molecule has 10 aromatic rings. The maximum absolute atomic E-state index is 9.55. The predicted octanol–water partition coefficient (Wildman–Crippen LogP) is 16.7. The first-order valence-corrected chi connectivity index (χ1v) is 23.4. The van der Waals surface area contributed by atoms with Crippen molar-refractivity contribution in [1.82, 2.24) is 0 Å². The van der Waals surface area contributed by atoms with Crippen LogP contribution in [0.4, 0.5) is 34.1 Å². The topological polar surface area (TPSA) is 54.1 Å². The molecule has 0 saturated heterocycles. The smallest absolute Gasteiger partial charge is 0.0991 e. The van der Waals surface area contributed by atoms with Crippen molar-refractivity contribution in [1.29, 1.82) is 10.5 Å². The summed E-state index contributed by atoms with van der Waals surface area (Å²) in [7, 11) is 0. The SMILES string of the molecule is Cc1ccc(N(c2ccc(C#N)cc2)c2ccc(-c3cccc4c3-c3ccccc3C43c4ccccc4-c4c(-c5ccc(N(c6ccc(C)cc6)c6ccc(C#N)cc6)cc5)cccc43)cc2)cc1. The van der Waals surface area contributed by atoms with Gasteiger partial charge in [0, 0.05) is 34.1 Å². The molecule has 0 aromatic heterocycles. The minimum absolute atomic E-state index is 0.528. The van der Waals surface area contributed by atoms with Crippen molar-refractivity contribution in [2.24, 2.45) is 0 Å². The molecule has 69 heavy (non-hydrogen) atoms. The highest BCUT2D eigenvalue weighted by atomic mass is 15.1. The van der Waals surface area contributed by atoms with Gasteiger partial charge in [0.1, 0.15) is 0 Å². The first kappa shape index (κ1) is 41.2. The Morgan fingerprint density at radius 1 is 0.304 bits per heavy atom. The lowest BCUT2D eigenvalue weighted by Crippen LogP contribution is -2.25. The van der Waals surface area contributed by atoms with Gasteiger partial charge in [0.25, 0.3) is 0 Å². The van der Waals surface area contributed by atoms with Gasteiger partial charge in [-0.2, -0.15) is 10.5 Å². The van der Waals surface area contributed by atoms with E-state index in [1.165, 1.54) is 66.8 Å². The molecule has 0 amide bonds. The van der Waals surface area contributed by atoms with Crippen LogP contribution in [0, 0.1) is 36.5 Å². The summed E-state index contributed by atoms with van der Waals surface area (Å²) in [4.78, 5) is 4.49. The molecule has 10 aromatic carbocycles. The highest BCUT2D eigenvalue weighted by Crippen LogP contribution is 2.65. The number of rotatable bonds is 8. The van der Waals surface area contributed by atoms with Gasteiger partial charge in [-0.05, 0) is 178 Å². The third kappa shape index (κ3) is 6.65. The van der Waals surface area contributed by atoms with Gasteiger partial charge in [0.15, 0.2) is 0 Å². The van der Waals surface area contributed by atoms with Crippen LogP contribution in [-0.4, -0.2) is 0 Å². The van der Waals surface area contributed by atoms with Crippen LogP contribution in [-0.2, 0) is 5.41 Å². The monoisotopic (exact) mass is 880 g/mol. The van der Waals surface area contributed by atoms with Crippen molar-refractivity contribution >= 4 is 34.1 Å². The molecule has 2 aliphatic carbocycles. The largest absolute Gasteiger partial charge is 0.311 e. The van der Waals surface area contributed by atoms with E-state index < -0.39 is 5.41 Å². The molecular weight excluding hydrogens is 837 g/mol. The van der Waals surface area contributed by atoms with Gasteiger partial charge in [-0.25, -0.2) is 0 Å². The predicted molar refractivity (Wildman–Crippen MR) is 282 cm³/mol. The molecule has 0 atom stereocenters. The van der Waals surface area contributed by atoms with Crippen LogP contribution < -0.4 is 9.80 Å². The van der Waals surface area contributed by atoms with Gasteiger partial charge in [-0.1, -0.05) is 145 Å². The van der Waals surface area contributed by atoms with Gasteiger partial charge < -0.3 is 9.80 Å². The zero-order valence-electron chi connectivity index (χ0n) is 38.2.